The van der Waals surface area contributed by atoms with Crippen LogP contribution in [0.3, 0.4) is 0 Å². The molecule has 2 aliphatic rings. The fourth-order valence-electron chi connectivity index (χ4n) is 3.65. The quantitative estimate of drug-likeness (QED) is 0.871. The van der Waals surface area contributed by atoms with Crippen LogP contribution in [0.1, 0.15) is 24.2 Å². The van der Waals surface area contributed by atoms with Crippen molar-refractivity contribution in [1.82, 2.24) is 9.97 Å². The molecule has 0 amide bonds. The summed E-state index contributed by atoms with van der Waals surface area (Å²) in [6.45, 7) is 5.72. The standard InChI is InChI=1S/C20H25FN4O2/c1-15-23-18(22-9-6-16-2-4-17(21)5-3-16)14-19(24-15)25-10-7-20(8-11-25)26-12-13-27-20/h2-5,14H,6-13H2,1H3,(H,22,23,24). The van der Waals surface area contributed by atoms with Gasteiger partial charge in [-0.1, -0.05) is 12.1 Å². The Bertz CT molecular complexity index is 768. The summed E-state index contributed by atoms with van der Waals surface area (Å²) >= 11 is 0. The van der Waals surface area contributed by atoms with Crippen molar-refractivity contribution in [2.45, 2.75) is 32.0 Å². The van der Waals surface area contributed by atoms with E-state index in [0.717, 1.165) is 61.9 Å². The van der Waals surface area contributed by atoms with Crippen LogP contribution >= 0.6 is 0 Å². The number of nitrogens with zero attached hydrogens (tertiary/aromatic N) is 3. The highest BCUT2D eigenvalue weighted by atomic mass is 19.1. The van der Waals surface area contributed by atoms with Crippen molar-refractivity contribution in [3.63, 3.8) is 0 Å². The number of aromatic nitrogens is 2. The molecule has 0 aliphatic carbocycles. The Hall–Kier alpha value is -2.25. The van der Waals surface area contributed by atoms with Crippen molar-refractivity contribution >= 4 is 11.6 Å². The minimum absolute atomic E-state index is 0.209. The number of benzene rings is 1. The highest BCUT2D eigenvalue weighted by Gasteiger charge is 2.40. The summed E-state index contributed by atoms with van der Waals surface area (Å²) in [5, 5.41) is 3.36. The van der Waals surface area contributed by atoms with Crippen LogP contribution in [0.15, 0.2) is 30.3 Å². The molecular formula is C20H25FN4O2. The van der Waals surface area contributed by atoms with Crippen LogP contribution in [0.2, 0.25) is 0 Å². The predicted molar refractivity (Wildman–Crippen MR) is 101 cm³/mol. The van der Waals surface area contributed by atoms with E-state index in [1.54, 1.807) is 0 Å². The molecule has 0 bridgehead atoms. The maximum atomic E-state index is 13.0. The lowest BCUT2D eigenvalue weighted by molar-refractivity contribution is -0.169. The maximum absolute atomic E-state index is 13.0. The average molecular weight is 372 g/mol. The predicted octanol–water partition coefficient (Wildman–Crippen LogP) is 2.92. The Morgan fingerprint density at radius 3 is 2.52 bits per heavy atom. The smallest absolute Gasteiger partial charge is 0.171 e. The summed E-state index contributed by atoms with van der Waals surface area (Å²) in [5.41, 5.74) is 1.09. The zero-order chi connectivity index (χ0) is 18.7. The highest BCUT2D eigenvalue weighted by Crippen LogP contribution is 2.33. The van der Waals surface area contributed by atoms with Gasteiger partial charge in [-0.2, -0.15) is 0 Å². The summed E-state index contributed by atoms with van der Waals surface area (Å²) in [6, 6.07) is 8.59. The van der Waals surface area contributed by atoms with Gasteiger partial charge in [0.1, 0.15) is 23.3 Å². The van der Waals surface area contributed by atoms with Gasteiger partial charge in [0, 0.05) is 38.5 Å². The first kappa shape index (κ1) is 18.1. The maximum Gasteiger partial charge on any atom is 0.171 e. The van der Waals surface area contributed by atoms with Crippen LogP contribution in [0.25, 0.3) is 0 Å². The first-order chi connectivity index (χ1) is 13.1. The number of aryl methyl sites for hydroxylation is 1. The first-order valence-corrected chi connectivity index (χ1v) is 9.49. The number of halogens is 1. The third-order valence-electron chi connectivity index (χ3n) is 5.12. The fraction of sp³-hybridized carbons (Fsp3) is 0.500. The van der Waals surface area contributed by atoms with E-state index in [9.17, 15) is 4.39 Å². The van der Waals surface area contributed by atoms with E-state index in [0.29, 0.717) is 13.2 Å². The minimum Gasteiger partial charge on any atom is -0.370 e. The third-order valence-corrected chi connectivity index (χ3v) is 5.12. The molecule has 0 unspecified atom stereocenters. The molecule has 4 rings (SSSR count). The van der Waals surface area contributed by atoms with Gasteiger partial charge in [-0.3, -0.25) is 0 Å². The van der Waals surface area contributed by atoms with Gasteiger partial charge < -0.3 is 19.7 Å². The normalized spacial score (nSPS) is 18.8. The molecule has 2 fully saturated rings. The second kappa shape index (κ2) is 7.78. The topological polar surface area (TPSA) is 59.5 Å². The van der Waals surface area contributed by atoms with E-state index >= 15 is 0 Å². The van der Waals surface area contributed by atoms with Gasteiger partial charge in [-0.05, 0) is 31.0 Å². The second-order valence-corrected chi connectivity index (χ2v) is 7.06. The zero-order valence-corrected chi connectivity index (χ0v) is 15.6. The molecule has 1 aromatic heterocycles. The van der Waals surface area contributed by atoms with Gasteiger partial charge in [0.05, 0.1) is 13.2 Å². The first-order valence-electron chi connectivity index (χ1n) is 9.49. The number of piperidine rings is 1. The van der Waals surface area contributed by atoms with Gasteiger partial charge in [-0.15, -0.1) is 0 Å². The van der Waals surface area contributed by atoms with Crippen molar-refractivity contribution in [2.75, 3.05) is 43.1 Å². The van der Waals surface area contributed by atoms with Gasteiger partial charge in [0.2, 0.25) is 0 Å². The van der Waals surface area contributed by atoms with Crippen LogP contribution in [0, 0.1) is 12.7 Å². The van der Waals surface area contributed by atoms with Crippen molar-refractivity contribution in [1.29, 1.82) is 0 Å². The van der Waals surface area contributed by atoms with Crippen molar-refractivity contribution < 1.29 is 13.9 Å². The molecule has 27 heavy (non-hydrogen) atoms. The van der Waals surface area contributed by atoms with Crippen molar-refractivity contribution in [3.8, 4) is 0 Å². The van der Waals surface area contributed by atoms with Crippen molar-refractivity contribution in [3.05, 3.63) is 47.5 Å². The van der Waals surface area contributed by atoms with Crippen LogP contribution in [0.5, 0.6) is 0 Å². The fourth-order valence-corrected chi connectivity index (χ4v) is 3.65. The van der Waals surface area contributed by atoms with E-state index < -0.39 is 0 Å². The monoisotopic (exact) mass is 372 g/mol. The molecule has 2 saturated heterocycles. The Morgan fingerprint density at radius 2 is 1.81 bits per heavy atom. The third kappa shape index (κ3) is 4.36. The van der Waals surface area contributed by atoms with Gasteiger partial charge >= 0.3 is 0 Å². The molecule has 0 radical (unpaired) electrons. The average Bonchev–Trinajstić information content (AvgIpc) is 3.11. The van der Waals surface area contributed by atoms with Gasteiger partial charge in [-0.25, -0.2) is 14.4 Å². The largest absolute Gasteiger partial charge is 0.370 e. The van der Waals surface area contributed by atoms with Crippen LogP contribution < -0.4 is 10.2 Å². The molecule has 6 nitrogen and oxygen atoms in total. The molecule has 3 heterocycles. The molecule has 0 atom stereocenters. The molecule has 144 valence electrons. The molecule has 1 N–H and O–H groups in total. The summed E-state index contributed by atoms with van der Waals surface area (Å²) < 4.78 is 24.6. The van der Waals surface area contributed by atoms with E-state index in [1.165, 1.54) is 12.1 Å². The number of ether oxygens (including phenoxy) is 2. The van der Waals surface area contributed by atoms with E-state index in [-0.39, 0.29) is 11.6 Å². The zero-order valence-electron chi connectivity index (χ0n) is 15.6. The molecule has 1 spiro atoms. The highest BCUT2D eigenvalue weighted by molar-refractivity contribution is 5.50. The van der Waals surface area contributed by atoms with Crippen LogP contribution in [-0.2, 0) is 15.9 Å². The van der Waals surface area contributed by atoms with E-state index in [2.05, 4.69) is 20.2 Å². The van der Waals surface area contributed by atoms with Crippen LogP contribution in [0.4, 0.5) is 16.0 Å². The summed E-state index contributed by atoms with van der Waals surface area (Å²) in [6.07, 6.45) is 2.51. The lowest BCUT2D eigenvalue weighted by Gasteiger charge is -2.38. The summed E-state index contributed by atoms with van der Waals surface area (Å²) in [7, 11) is 0. The summed E-state index contributed by atoms with van der Waals surface area (Å²) in [5.74, 6) is 1.90. The Kier molecular flexibility index (Phi) is 5.22. The number of anilines is 2. The van der Waals surface area contributed by atoms with E-state index in [1.807, 2.05) is 25.1 Å². The molecule has 0 saturated carbocycles. The number of hydrogen-bond donors (Lipinski definition) is 1. The summed E-state index contributed by atoms with van der Waals surface area (Å²) in [4.78, 5) is 11.3. The second-order valence-electron chi connectivity index (χ2n) is 7.06. The number of hydrogen-bond acceptors (Lipinski definition) is 6. The lowest BCUT2D eigenvalue weighted by Crippen LogP contribution is -2.45. The Labute approximate surface area is 158 Å². The Balaban J connectivity index is 1.36. The minimum atomic E-state index is -0.380. The molecule has 1 aromatic carbocycles. The molecule has 2 aromatic rings. The van der Waals surface area contributed by atoms with Crippen LogP contribution in [-0.4, -0.2) is 48.6 Å². The number of nitrogens with one attached hydrogen (secondary N) is 1. The molecule has 2 aliphatic heterocycles. The molecular weight excluding hydrogens is 347 g/mol. The van der Waals surface area contributed by atoms with E-state index in [4.69, 9.17) is 9.47 Å². The number of rotatable bonds is 5. The van der Waals surface area contributed by atoms with Gasteiger partial charge in [0.15, 0.2) is 5.79 Å². The molecule has 7 heteroatoms. The van der Waals surface area contributed by atoms with Crippen molar-refractivity contribution in [2.24, 2.45) is 0 Å². The Morgan fingerprint density at radius 1 is 1.11 bits per heavy atom. The van der Waals surface area contributed by atoms with Gasteiger partial charge in [0.25, 0.3) is 0 Å². The SMILES string of the molecule is Cc1nc(NCCc2ccc(F)cc2)cc(N2CCC3(CC2)OCCO3)n1. The lowest BCUT2D eigenvalue weighted by atomic mass is 10.0.